The monoisotopic (exact) mass is 365 g/mol. The first kappa shape index (κ1) is 18.4. The third kappa shape index (κ3) is 2.75. The molecule has 2 aromatic rings. The SMILES string of the molecule is CCC[C@@H]1c2cc(C)cc3c2[C@H](Cc2ccc(OC)c(OC)c2-3)N1CCC. The van der Waals surface area contributed by atoms with Gasteiger partial charge in [-0.25, -0.2) is 0 Å². The van der Waals surface area contributed by atoms with E-state index in [9.17, 15) is 0 Å². The highest BCUT2D eigenvalue weighted by Gasteiger charge is 2.42. The number of methoxy groups -OCH3 is 2. The van der Waals surface area contributed by atoms with Crippen molar-refractivity contribution in [2.75, 3.05) is 20.8 Å². The highest BCUT2D eigenvalue weighted by Crippen LogP contribution is 2.56. The van der Waals surface area contributed by atoms with Crippen LogP contribution in [0.4, 0.5) is 0 Å². The Balaban J connectivity index is 1.97. The molecule has 0 N–H and O–H groups in total. The topological polar surface area (TPSA) is 21.7 Å². The number of fused-ring (bicyclic) bond motifs is 2. The molecular formula is C24H31NO2. The molecule has 0 fully saturated rings. The van der Waals surface area contributed by atoms with Gasteiger partial charge in [-0.3, -0.25) is 4.90 Å². The molecule has 0 spiro atoms. The van der Waals surface area contributed by atoms with Gasteiger partial charge in [-0.05, 0) is 61.1 Å². The second-order valence-corrected chi connectivity index (χ2v) is 7.91. The zero-order valence-electron chi connectivity index (χ0n) is 17.3. The van der Waals surface area contributed by atoms with E-state index in [4.69, 9.17) is 9.47 Å². The summed E-state index contributed by atoms with van der Waals surface area (Å²) < 4.78 is 11.4. The van der Waals surface area contributed by atoms with Gasteiger partial charge in [0.1, 0.15) is 0 Å². The van der Waals surface area contributed by atoms with E-state index < -0.39 is 0 Å². The molecule has 1 aliphatic carbocycles. The summed E-state index contributed by atoms with van der Waals surface area (Å²) in [6.07, 6.45) is 4.68. The van der Waals surface area contributed by atoms with Crippen molar-refractivity contribution in [2.24, 2.45) is 0 Å². The summed E-state index contributed by atoms with van der Waals surface area (Å²) in [5, 5.41) is 0. The van der Waals surface area contributed by atoms with Crippen molar-refractivity contribution in [2.45, 2.75) is 58.5 Å². The van der Waals surface area contributed by atoms with Crippen LogP contribution in [0, 0.1) is 6.92 Å². The fourth-order valence-corrected chi connectivity index (χ4v) is 5.27. The molecule has 0 unspecified atom stereocenters. The van der Waals surface area contributed by atoms with Crippen LogP contribution in [0.3, 0.4) is 0 Å². The lowest BCUT2D eigenvalue weighted by molar-refractivity contribution is 0.151. The molecule has 0 saturated carbocycles. The Kier molecular flexibility index (Phi) is 4.90. The largest absolute Gasteiger partial charge is 0.493 e. The number of rotatable bonds is 6. The van der Waals surface area contributed by atoms with Crippen LogP contribution in [-0.4, -0.2) is 25.7 Å². The maximum atomic E-state index is 5.84. The molecule has 27 heavy (non-hydrogen) atoms. The Morgan fingerprint density at radius 3 is 2.56 bits per heavy atom. The maximum Gasteiger partial charge on any atom is 0.168 e. The van der Waals surface area contributed by atoms with E-state index in [1.54, 1.807) is 19.8 Å². The van der Waals surface area contributed by atoms with Crippen LogP contribution < -0.4 is 9.47 Å². The standard InChI is InChI=1S/C24H31NO2/c1-6-8-19-17-12-15(3)13-18-22-16(9-10-21(26-4)24(22)27-5)14-20(23(17)18)25(19)11-7-2/h9-10,12-13,19-20H,6-8,11,14H2,1-5H3/t19-,20+/m1/s1. The van der Waals surface area contributed by atoms with Crippen LogP contribution in [0.15, 0.2) is 24.3 Å². The summed E-state index contributed by atoms with van der Waals surface area (Å²) in [5.41, 5.74) is 8.38. The molecule has 2 atom stereocenters. The van der Waals surface area contributed by atoms with E-state index in [2.05, 4.69) is 49.9 Å². The number of hydrogen-bond donors (Lipinski definition) is 0. The molecule has 1 heterocycles. The first-order valence-corrected chi connectivity index (χ1v) is 10.3. The van der Waals surface area contributed by atoms with Crippen molar-refractivity contribution >= 4 is 0 Å². The average molecular weight is 366 g/mol. The molecule has 0 aromatic heterocycles. The number of ether oxygens (including phenoxy) is 2. The van der Waals surface area contributed by atoms with Crippen LogP contribution in [0.5, 0.6) is 11.5 Å². The van der Waals surface area contributed by atoms with Gasteiger partial charge in [-0.15, -0.1) is 0 Å². The minimum atomic E-state index is 0.484. The molecule has 1 aliphatic heterocycles. The van der Waals surface area contributed by atoms with Crippen molar-refractivity contribution < 1.29 is 9.47 Å². The Morgan fingerprint density at radius 1 is 1.07 bits per heavy atom. The van der Waals surface area contributed by atoms with Gasteiger partial charge in [0, 0.05) is 17.6 Å². The summed E-state index contributed by atoms with van der Waals surface area (Å²) in [6.45, 7) is 7.97. The fraction of sp³-hybridized carbons (Fsp3) is 0.500. The molecule has 0 amide bonds. The lowest BCUT2D eigenvalue weighted by Gasteiger charge is -2.34. The molecule has 3 nitrogen and oxygen atoms in total. The highest BCUT2D eigenvalue weighted by molar-refractivity contribution is 5.83. The lowest BCUT2D eigenvalue weighted by Crippen LogP contribution is -2.29. The van der Waals surface area contributed by atoms with Gasteiger partial charge >= 0.3 is 0 Å². The number of nitrogens with zero attached hydrogens (tertiary/aromatic N) is 1. The molecule has 3 heteroatoms. The minimum Gasteiger partial charge on any atom is -0.493 e. The van der Waals surface area contributed by atoms with E-state index in [0.717, 1.165) is 24.5 Å². The average Bonchev–Trinajstić information content (AvgIpc) is 2.95. The number of hydrogen-bond acceptors (Lipinski definition) is 3. The Morgan fingerprint density at radius 2 is 1.89 bits per heavy atom. The minimum absolute atomic E-state index is 0.484. The Bertz CT molecular complexity index is 858. The summed E-state index contributed by atoms with van der Waals surface area (Å²) in [5.74, 6) is 1.70. The third-order valence-corrected chi connectivity index (χ3v) is 6.21. The van der Waals surface area contributed by atoms with Crippen molar-refractivity contribution in [3.05, 3.63) is 46.5 Å². The fourth-order valence-electron chi connectivity index (χ4n) is 5.27. The molecule has 0 bridgehead atoms. The second kappa shape index (κ2) is 7.20. The van der Waals surface area contributed by atoms with E-state index in [-0.39, 0.29) is 0 Å². The van der Waals surface area contributed by atoms with Gasteiger partial charge in [-0.1, -0.05) is 44.0 Å². The van der Waals surface area contributed by atoms with E-state index in [1.807, 2.05) is 0 Å². The van der Waals surface area contributed by atoms with Crippen molar-refractivity contribution in [3.8, 4) is 22.6 Å². The van der Waals surface area contributed by atoms with Crippen LogP contribution in [-0.2, 0) is 6.42 Å². The van der Waals surface area contributed by atoms with Crippen LogP contribution in [0.1, 0.15) is 67.4 Å². The Hall–Kier alpha value is -2.00. The molecule has 0 radical (unpaired) electrons. The zero-order chi connectivity index (χ0) is 19.1. The normalized spacial score (nSPS) is 20.3. The summed E-state index contributed by atoms with van der Waals surface area (Å²) in [6, 6.07) is 10.1. The van der Waals surface area contributed by atoms with Gasteiger partial charge < -0.3 is 9.47 Å². The molecular weight excluding hydrogens is 334 g/mol. The van der Waals surface area contributed by atoms with Crippen LogP contribution in [0.2, 0.25) is 0 Å². The predicted octanol–water partition coefficient (Wildman–Crippen LogP) is 5.84. The second-order valence-electron chi connectivity index (χ2n) is 7.91. The summed E-state index contributed by atoms with van der Waals surface area (Å²) in [4.78, 5) is 2.76. The summed E-state index contributed by atoms with van der Waals surface area (Å²) in [7, 11) is 3.47. The summed E-state index contributed by atoms with van der Waals surface area (Å²) >= 11 is 0. The molecule has 2 aromatic carbocycles. The number of aryl methyl sites for hydroxylation is 1. The zero-order valence-corrected chi connectivity index (χ0v) is 17.3. The predicted molar refractivity (Wildman–Crippen MR) is 111 cm³/mol. The van der Waals surface area contributed by atoms with Gasteiger partial charge in [0.2, 0.25) is 0 Å². The highest BCUT2D eigenvalue weighted by atomic mass is 16.5. The van der Waals surface area contributed by atoms with E-state index in [0.29, 0.717) is 12.1 Å². The number of benzene rings is 2. The van der Waals surface area contributed by atoms with E-state index in [1.165, 1.54) is 47.1 Å². The molecule has 4 rings (SSSR count). The van der Waals surface area contributed by atoms with Crippen LogP contribution in [0.25, 0.3) is 11.1 Å². The van der Waals surface area contributed by atoms with Crippen molar-refractivity contribution in [1.29, 1.82) is 0 Å². The van der Waals surface area contributed by atoms with Crippen molar-refractivity contribution in [3.63, 3.8) is 0 Å². The first-order valence-electron chi connectivity index (χ1n) is 10.3. The Labute approximate surface area is 163 Å². The van der Waals surface area contributed by atoms with Crippen molar-refractivity contribution in [1.82, 2.24) is 4.90 Å². The van der Waals surface area contributed by atoms with Gasteiger partial charge in [-0.2, -0.15) is 0 Å². The third-order valence-electron chi connectivity index (χ3n) is 6.21. The van der Waals surface area contributed by atoms with Crippen LogP contribution >= 0.6 is 0 Å². The molecule has 2 aliphatic rings. The van der Waals surface area contributed by atoms with E-state index >= 15 is 0 Å². The van der Waals surface area contributed by atoms with Gasteiger partial charge in [0.05, 0.1) is 14.2 Å². The van der Waals surface area contributed by atoms with Gasteiger partial charge in [0.25, 0.3) is 0 Å². The maximum absolute atomic E-state index is 5.84. The first-order chi connectivity index (χ1) is 13.1. The quantitative estimate of drug-likeness (QED) is 0.641. The lowest BCUT2D eigenvalue weighted by atomic mass is 9.80. The molecule has 144 valence electrons. The van der Waals surface area contributed by atoms with Gasteiger partial charge in [0.15, 0.2) is 11.5 Å². The smallest absolute Gasteiger partial charge is 0.168 e. The molecule has 0 saturated heterocycles.